The number of alkyl halides is 2. The summed E-state index contributed by atoms with van der Waals surface area (Å²) < 4.78 is 34.1. The van der Waals surface area contributed by atoms with Gasteiger partial charge in [-0.15, -0.1) is 0 Å². The molecule has 1 saturated carbocycles. The van der Waals surface area contributed by atoms with Crippen LogP contribution in [0.1, 0.15) is 50.5 Å². The Labute approximate surface area is 176 Å². The number of carbonyl (C=O) groups excluding carboxylic acids is 1. The molecule has 2 aliphatic rings. The number of Topliss-reactive ketones (excluding diaryl/α,β-unsaturated/α-hetero) is 1. The second kappa shape index (κ2) is 9.84. The molecule has 2 bridgehead atoms. The minimum absolute atomic E-state index is 0.101. The first-order valence-electron chi connectivity index (χ1n) is 10.6. The summed E-state index contributed by atoms with van der Waals surface area (Å²) in [6.07, 6.45) is 6.93. The van der Waals surface area contributed by atoms with Gasteiger partial charge in [-0.1, -0.05) is 37.3 Å². The van der Waals surface area contributed by atoms with Crippen LogP contribution in [-0.2, 0) is 4.79 Å². The van der Waals surface area contributed by atoms with E-state index in [2.05, 4.69) is 0 Å². The van der Waals surface area contributed by atoms with Gasteiger partial charge < -0.3 is 14.9 Å². The standard InChI is InChI=1S/C24H30F2O4/c1-16-17-7-6-8-18(13-17)30-15-24(25,26)12-11-20-19(22(28)14-23(20)29)9-4-2-3-5-10-21(16)27/h2,4,6-8,11-13,16,19-20,22-23,28-29H,3,5,9-10,14-15H2,1H3/b4-2-,12-11+/t16-,19+,20+,22-,23+/m0/s1. The highest BCUT2D eigenvalue weighted by Gasteiger charge is 2.40. The lowest BCUT2D eigenvalue weighted by molar-refractivity contribution is -0.120. The number of carbonyl (C=O) groups is 1. The van der Waals surface area contributed by atoms with Gasteiger partial charge in [-0.2, -0.15) is 8.78 Å². The lowest BCUT2D eigenvalue weighted by Crippen LogP contribution is -2.25. The van der Waals surface area contributed by atoms with E-state index in [-0.39, 0.29) is 24.0 Å². The van der Waals surface area contributed by atoms with Crippen molar-refractivity contribution in [1.29, 1.82) is 0 Å². The van der Waals surface area contributed by atoms with E-state index in [1.807, 2.05) is 19.1 Å². The molecule has 5 atom stereocenters. The molecule has 0 radical (unpaired) electrons. The molecule has 1 aliphatic heterocycles. The van der Waals surface area contributed by atoms with Crippen molar-refractivity contribution in [3.05, 3.63) is 54.1 Å². The minimum atomic E-state index is -3.23. The van der Waals surface area contributed by atoms with Gasteiger partial charge in [0.2, 0.25) is 0 Å². The molecule has 1 aromatic rings. The maximum atomic E-state index is 14.4. The first-order valence-corrected chi connectivity index (χ1v) is 10.6. The Kier molecular flexibility index (Phi) is 7.42. The lowest BCUT2D eigenvalue weighted by atomic mass is 9.89. The van der Waals surface area contributed by atoms with Gasteiger partial charge in [0.1, 0.15) is 11.5 Å². The van der Waals surface area contributed by atoms with Crippen molar-refractivity contribution in [2.24, 2.45) is 11.8 Å². The van der Waals surface area contributed by atoms with Crippen molar-refractivity contribution in [3.8, 4) is 5.75 Å². The summed E-state index contributed by atoms with van der Waals surface area (Å²) >= 11 is 0. The van der Waals surface area contributed by atoms with Gasteiger partial charge in [-0.3, -0.25) is 4.79 Å². The van der Waals surface area contributed by atoms with Crippen LogP contribution in [0, 0.1) is 11.8 Å². The number of aliphatic hydroxyl groups is 2. The third kappa shape index (κ3) is 5.76. The summed E-state index contributed by atoms with van der Waals surface area (Å²) in [5, 5.41) is 20.5. The lowest BCUT2D eigenvalue weighted by Gasteiger charge is -2.21. The van der Waals surface area contributed by atoms with Crippen molar-refractivity contribution in [3.63, 3.8) is 0 Å². The van der Waals surface area contributed by atoms with Crippen molar-refractivity contribution < 1.29 is 28.5 Å². The van der Waals surface area contributed by atoms with E-state index >= 15 is 0 Å². The summed E-state index contributed by atoms with van der Waals surface area (Å²) in [4.78, 5) is 12.5. The second-order valence-electron chi connectivity index (χ2n) is 8.38. The fourth-order valence-corrected chi connectivity index (χ4v) is 4.23. The van der Waals surface area contributed by atoms with Gasteiger partial charge in [-0.25, -0.2) is 0 Å². The van der Waals surface area contributed by atoms with Crippen LogP contribution in [-0.4, -0.2) is 40.7 Å². The fourth-order valence-electron chi connectivity index (χ4n) is 4.23. The minimum Gasteiger partial charge on any atom is -0.487 e. The molecular formula is C24H30F2O4. The third-order valence-corrected chi connectivity index (χ3v) is 6.12. The first-order chi connectivity index (χ1) is 14.3. The van der Waals surface area contributed by atoms with E-state index in [0.29, 0.717) is 18.6 Å². The van der Waals surface area contributed by atoms with E-state index in [9.17, 15) is 23.8 Å². The molecule has 0 aromatic heterocycles. The van der Waals surface area contributed by atoms with Gasteiger partial charge in [0.25, 0.3) is 5.92 Å². The fraction of sp³-hybridized carbons (Fsp3) is 0.542. The van der Waals surface area contributed by atoms with E-state index in [1.165, 1.54) is 6.08 Å². The van der Waals surface area contributed by atoms with Crippen LogP contribution in [0.4, 0.5) is 8.78 Å². The molecule has 0 unspecified atom stereocenters. The quantitative estimate of drug-likeness (QED) is 0.610. The molecule has 3 rings (SSSR count). The summed E-state index contributed by atoms with van der Waals surface area (Å²) in [7, 11) is 0. The molecular weight excluding hydrogens is 390 g/mol. The van der Waals surface area contributed by atoms with Crippen LogP contribution < -0.4 is 4.74 Å². The van der Waals surface area contributed by atoms with Crippen LogP contribution in [0.5, 0.6) is 5.75 Å². The van der Waals surface area contributed by atoms with Crippen LogP contribution >= 0.6 is 0 Å². The number of hydrogen-bond acceptors (Lipinski definition) is 4. The molecule has 1 aromatic carbocycles. The summed E-state index contributed by atoms with van der Waals surface area (Å²) in [5.74, 6) is -4.02. The smallest absolute Gasteiger partial charge is 0.299 e. The molecule has 6 heteroatoms. The number of aliphatic hydroxyl groups excluding tert-OH is 2. The second-order valence-corrected chi connectivity index (χ2v) is 8.38. The van der Waals surface area contributed by atoms with E-state index in [0.717, 1.165) is 24.5 Å². The maximum absolute atomic E-state index is 14.4. The molecule has 2 N–H and O–H groups in total. The van der Waals surface area contributed by atoms with Crippen molar-refractivity contribution in [2.45, 2.75) is 63.1 Å². The molecule has 4 nitrogen and oxygen atoms in total. The monoisotopic (exact) mass is 420 g/mol. The number of halogens is 2. The third-order valence-electron chi connectivity index (χ3n) is 6.12. The first kappa shape index (κ1) is 22.6. The van der Waals surface area contributed by atoms with Gasteiger partial charge in [-0.05, 0) is 49.0 Å². The number of rotatable bonds is 0. The molecule has 164 valence electrons. The Morgan fingerprint density at radius 1 is 1.17 bits per heavy atom. The molecule has 30 heavy (non-hydrogen) atoms. The average molecular weight is 420 g/mol. The maximum Gasteiger partial charge on any atom is 0.299 e. The van der Waals surface area contributed by atoms with Gasteiger partial charge in [0.05, 0.1) is 12.2 Å². The number of ether oxygens (including phenoxy) is 1. The van der Waals surface area contributed by atoms with Crippen molar-refractivity contribution in [2.75, 3.05) is 6.61 Å². The van der Waals surface area contributed by atoms with Gasteiger partial charge >= 0.3 is 0 Å². The Balaban J connectivity index is 1.83. The van der Waals surface area contributed by atoms with Gasteiger partial charge in [0, 0.05) is 24.7 Å². The number of ketones is 1. The Bertz CT molecular complexity index is 789. The highest BCUT2D eigenvalue weighted by Crippen LogP contribution is 2.37. The van der Waals surface area contributed by atoms with Crippen LogP contribution in [0.2, 0.25) is 0 Å². The van der Waals surface area contributed by atoms with Crippen LogP contribution in [0.25, 0.3) is 0 Å². The van der Waals surface area contributed by atoms with E-state index in [4.69, 9.17) is 4.74 Å². The summed E-state index contributed by atoms with van der Waals surface area (Å²) in [6, 6.07) is 6.73. The molecule has 0 spiro atoms. The average Bonchev–Trinajstić information content (AvgIpc) is 2.99. The molecule has 1 heterocycles. The van der Waals surface area contributed by atoms with Crippen LogP contribution in [0.15, 0.2) is 48.6 Å². The zero-order valence-electron chi connectivity index (χ0n) is 17.2. The molecule has 1 fully saturated rings. The predicted molar refractivity (Wildman–Crippen MR) is 111 cm³/mol. The number of hydrogen-bond donors (Lipinski definition) is 2. The highest BCUT2D eigenvalue weighted by molar-refractivity contribution is 5.85. The summed E-state index contributed by atoms with van der Waals surface area (Å²) in [5.41, 5.74) is 0.749. The normalized spacial score (nSPS) is 34.8. The highest BCUT2D eigenvalue weighted by atomic mass is 19.3. The Morgan fingerprint density at radius 2 is 1.97 bits per heavy atom. The molecule has 1 aliphatic carbocycles. The van der Waals surface area contributed by atoms with Crippen molar-refractivity contribution in [1.82, 2.24) is 0 Å². The molecule has 0 saturated heterocycles. The number of benzene rings is 1. The largest absolute Gasteiger partial charge is 0.487 e. The Hall–Kier alpha value is -2.05. The van der Waals surface area contributed by atoms with E-state index in [1.54, 1.807) is 24.3 Å². The van der Waals surface area contributed by atoms with Crippen molar-refractivity contribution >= 4 is 5.78 Å². The zero-order chi connectivity index (χ0) is 21.7. The van der Waals surface area contributed by atoms with E-state index < -0.39 is 30.7 Å². The zero-order valence-corrected chi connectivity index (χ0v) is 17.2. The topological polar surface area (TPSA) is 66.8 Å². The SMILES string of the molecule is C[C@@H]1C(=O)CCC/C=C\C[C@@H]2[C@@H](/C=C/C(F)(F)COc3cccc1c3)[C@H](O)C[C@@H]2O. The number of fused-ring (bicyclic) bond motifs is 3. The van der Waals surface area contributed by atoms with Gasteiger partial charge in [0.15, 0.2) is 6.61 Å². The predicted octanol–water partition coefficient (Wildman–Crippen LogP) is 4.42. The molecule has 0 amide bonds. The number of allylic oxidation sites excluding steroid dienone is 2. The Morgan fingerprint density at radius 3 is 2.77 bits per heavy atom. The summed E-state index contributed by atoms with van der Waals surface area (Å²) in [6.45, 7) is 0.977. The van der Waals surface area contributed by atoms with Crippen LogP contribution in [0.3, 0.4) is 0 Å².